The molecule has 1 aromatic heterocycles. The molecule has 1 N–H and O–H groups in total. The Labute approximate surface area is 93.9 Å². The minimum atomic E-state index is -0.103. The molecule has 0 bridgehead atoms. The topological polar surface area (TPSA) is 61.9 Å². The Kier molecular flexibility index (Phi) is 3.18. The summed E-state index contributed by atoms with van der Waals surface area (Å²) in [6, 6.07) is 8.00. The van der Waals surface area contributed by atoms with Crippen LogP contribution in [-0.4, -0.2) is 17.6 Å². The maximum absolute atomic E-state index is 8.61. The maximum atomic E-state index is 8.61. The van der Waals surface area contributed by atoms with E-state index in [4.69, 9.17) is 9.68 Å². The van der Waals surface area contributed by atoms with Crippen molar-refractivity contribution in [1.29, 1.82) is 5.26 Å². The lowest BCUT2D eigenvalue weighted by Crippen LogP contribution is -2.26. The summed E-state index contributed by atoms with van der Waals surface area (Å²) < 4.78 is 5.22. The smallest absolute Gasteiger partial charge is 0.181 e. The zero-order valence-corrected chi connectivity index (χ0v) is 9.10. The maximum Gasteiger partial charge on any atom is 0.181 e. The molecule has 0 aliphatic rings. The third-order valence-corrected chi connectivity index (χ3v) is 2.45. The van der Waals surface area contributed by atoms with Crippen LogP contribution in [0.2, 0.25) is 0 Å². The highest BCUT2D eigenvalue weighted by Gasteiger charge is 2.01. The van der Waals surface area contributed by atoms with Crippen LogP contribution in [0.15, 0.2) is 29.0 Å². The number of nitrogens with zero attached hydrogens (tertiary/aromatic N) is 2. The standard InChI is InChI=1S/C12H13N3O/c1-9(7-13)14-5-4-10-2-3-11-12(6-10)16-8-15-11/h2-3,6,8-9,14H,4-5H2,1H3. The summed E-state index contributed by atoms with van der Waals surface area (Å²) in [7, 11) is 0. The van der Waals surface area contributed by atoms with Gasteiger partial charge in [-0.2, -0.15) is 5.26 Å². The van der Waals surface area contributed by atoms with Gasteiger partial charge in [-0.3, -0.25) is 0 Å². The Hall–Kier alpha value is -1.86. The van der Waals surface area contributed by atoms with Gasteiger partial charge in [-0.1, -0.05) is 6.07 Å². The molecule has 0 aliphatic carbocycles. The van der Waals surface area contributed by atoms with Crippen LogP contribution in [0.1, 0.15) is 12.5 Å². The second kappa shape index (κ2) is 4.77. The van der Waals surface area contributed by atoms with Gasteiger partial charge in [0, 0.05) is 6.54 Å². The van der Waals surface area contributed by atoms with E-state index in [0.717, 1.165) is 24.1 Å². The summed E-state index contributed by atoms with van der Waals surface area (Å²) in [6.07, 6.45) is 2.33. The van der Waals surface area contributed by atoms with Crippen molar-refractivity contribution >= 4 is 11.1 Å². The molecular formula is C12H13N3O. The zero-order chi connectivity index (χ0) is 11.4. The molecule has 1 unspecified atom stereocenters. The fourth-order valence-electron chi connectivity index (χ4n) is 1.53. The second-order valence-electron chi connectivity index (χ2n) is 3.71. The molecule has 2 aromatic rings. The van der Waals surface area contributed by atoms with Crippen molar-refractivity contribution in [3.05, 3.63) is 30.2 Å². The molecule has 0 amide bonds. The number of hydrogen-bond donors (Lipinski definition) is 1. The summed E-state index contributed by atoms with van der Waals surface area (Å²) in [6.45, 7) is 2.63. The van der Waals surface area contributed by atoms with Crippen molar-refractivity contribution in [2.75, 3.05) is 6.54 Å². The monoisotopic (exact) mass is 215 g/mol. The van der Waals surface area contributed by atoms with Crippen LogP contribution in [0.5, 0.6) is 0 Å². The van der Waals surface area contributed by atoms with E-state index in [-0.39, 0.29) is 6.04 Å². The van der Waals surface area contributed by atoms with Gasteiger partial charge in [0.2, 0.25) is 0 Å². The Morgan fingerprint density at radius 1 is 1.56 bits per heavy atom. The molecular weight excluding hydrogens is 202 g/mol. The molecule has 0 aliphatic heterocycles. The van der Waals surface area contributed by atoms with Crippen LogP contribution in [0.4, 0.5) is 0 Å². The Morgan fingerprint density at radius 2 is 2.44 bits per heavy atom. The van der Waals surface area contributed by atoms with E-state index >= 15 is 0 Å². The normalized spacial score (nSPS) is 12.5. The lowest BCUT2D eigenvalue weighted by Gasteiger charge is -2.05. The van der Waals surface area contributed by atoms with E-state index in [2.05, 4.69) is 16.4 Å². The highest BCUT2D eigenvalue weighted by molar-refractivity contribution is 5.72. The van der Waals surface area contributed by atoms with Crippen LogP contribution in [0.25, 0.3) is 11.1 Å². The largest absolute Gasteiger partial charge is 0.443 e. The van der Waals surface area contributed by atoms with Crippen molar-refractivity contribution in [2.45, 2.75) is 19.4 Å². The highest BCUT2D eigenvalue weighted by Crippen LogP contribution is 2.14. The molecule has 0 fully saturated rings. The van der Waals surface area contributed by atoms with Crippen LogP contribution in [0.3, 0.4) is 0 Å². The SMILES string of the molecule is CC(C#N)NCCc1ccc2ncoc2c1. The first-order valence-corrected chi connectivity index (χ1v) is 5.25. The molecule has 1 heterocycles. The number of nitrogens with one attached hydrogen (secondary N) is 1. The van der Waals surface area contributed by atoms with E-state index in [1.165, 1.54) is 12.0 Å². The number of rotatable bonds is 4. The van der Waals surface area contributed by atoms with Crippen molar-refractivity contribution in [2.24, 2.45) is 0 Å². The Balaban J connectivity index is 1.97. The van der Waals surface area contributed by atoms with Gasteiger partial charge in [-0.05, 0) is 31.0 Å². The predicted octanol–water partition coefficient (Wildman–Crippen LogP) is 1.87. The third-order valence-electron chi connectivity index (χ3n) is 2.45. The van der Waals surface area contributed by atoms with Crippen molar-refractivity contribution < 1.29 is 4.42 Å². The molecule has 1 atom stereocenters. The molecule has 82 valence electrons. The summed E-state index contributed by atoms with van der Waals surface area (Å²) in [4.78, 5) is 4.06. The van der Waals surface area contributed by atoms with E-state index in [1.807, 2.05) is 25.1 Å². The summed E-state index contributed by atoms with van der Waals surface area (Å²) >= 11 is 0. The molecule has 4 heteroatoms. The summed E-state index contributed by atoms with van der Waals surface area (Å²) in [5.41, 5.74) is 2.87. The Morgan fingerprint density at radius 3 is 3.25 bits per heavy atom. The molecule has 1 aromatic carbocycles. The van der Waals surface area contributed by atoms with Gasteiger partial charge in [-0.15, -0.1) is 0 Å². The number of aromatic nitrogens is 1. The number of fused-ring (bicyclic) bond motifs is 1. The molecule has 0 saturated carbocycles. The molecule has 0 spiro atoms. The van der Waals surface area contributed by atoms with Crippen molar-refractivity contribution in [1.82, 2.24) is 10.3 Å². The lowest BCUT2D eigenvalue weighted by atomic mass is 10.1. The minimum absolute atomic E-state index is 0.103. The quantitative estimate of drug-likeness (QED) is 0.845. The van der Waals surface area contributed by atoms with E-state index in [1.54, 1.807) is 0 Å². The van der Waals surface area contributed by atoms with Gasteiger partial charge >= 0.3 is 0 Å². The number of nitriles is 1. The second-order valence-corrected chi connectivity index (χ2v) is 3.71. The number of benzene rings is 1. The van der Waals surface area contributed by atoms with Crippen molar-refractivity contribution in [3.63, 3.8) is 0 Å². The first kappa shape index (κ1) is 10.7. The van der Waals surface area contributed by atoms with Gasteiger partial charge < -0.3 is 9.73 Å². The highest BCUT2D eigenvalue weighted by atomic mass is 16.3. The molecule has 16 heavy (non-hydrogen) atoms. The number of hydrogen-bond acceptors (Lipinski definition) is 4. The zero-order valence-electron chi connectivity index (χ0n) is 9.10. The van der Waals surface area contributed by atoms with Gasteiger partial charge in [0.05, 0.1) is 12.1 Å². The average Bonchev–Trinajstić information content (AvgIpc) is 2.76. The third kappa shape index (κ3) is 2.38. The van der Waals surface area contributed by atoms with E-state index < -0.39 is 0 Å². The van der Waals surface area contributed by atoms with Gasteiger partial charge in [0.15, 0.2) is 12.0 Å². The molecule has 0 radical (unpaired) electrons. The van der Waals surface area contributed by atoms with Gasteiger partial charge in [0.1, 0.15) is 5.52 Å². The van der Waals surface area contributed by atoms with Gasteiger partial charge in [0.25, 0.3) is 0 Å². The predicted molar refractivity (Wildman–Crippen MR) is 60.8 cm³/mol. The van der Waals surface area contributed by atoms with E-state index in [0.29, 0.717) is 0 Å². The lowest BCUT2D eigenvalue weighted by molar-refractivity contribution is 0.601. The van der Waals surface area contributed by atoms with Crippen LogP contribution >= 0.6 is 0 Å². The molecule has 4 nitrogen and oxygen atoms in total. The average molecular weight is 215 g/mol. The van der Waals surface area contributed by atoms with Gasteiger partial charge in [-0.25, -0.2) is 4.98 Å². The first-order chi connectivity index (χ1) is 7.79. The Bertz CT molecular complexity index is 512. The fourth-order valence-corrected chi connectivity index (χ4v) is 1.53. The van der Waals surface area contributed by atoms with Crippen molar-refractivity contribution in [3.8, 4) is 6.07 Å². The van der Waals surface area contributed by atoms with Crippen LogP contribution in [0, 0.1) is 11.3 Å². The van der Waals surface area contributed by atoms with E-state index in [9.17, 15) is 0 Å². The number of oxazole rings is 1. The molecule has 2 rings (SSSR count). The molecule has 0 saturated heterocycles. The van der Waals surface area contributed by atoms with Crippen LogP contribution < -0.4 is 5.32 Å². The summed E-state index contributed by atoms with van der Waals surface area (Å²) in [5.74, 6) is 0. The van der Waals surface area contributed by atoms with Crippen LogP contribution in [-0.2, 0) is 6.42 Å². The summed E-state index contributed by atoms with van der Waals surface area (Å²) in [5, 5.41) is 11.7. The fraction of sp³-hybridized carbons (Fsp3) is 0.333. The first-order valence-electron chi connectivity index (χ1n) is 5.25. The minimum Gasteiger partial charge on any atom is -0.443 e.